The molecule has 0 aliphatic carbocycles. The van der Waals surface area contributed by atoms with E-state index < -0.39 is 30.4 Å². The summed E-state index contributed by atoms with van der Waals surface area (Å²) in [5.74, 6) is 0.0113. The van der Waals surface area contributed by atoms with Crippen LogP contribution in [0.15, 0.2) is 199 Å². The highest BCUT2D eigenvalue weighted by molar-refractivity contribution is 6.02. The molecule has 67 heavy (non-hydrogen) atoms. The van der Waals surface area contributed by atoms with Gasteiger partial charge >= 0.3 is 11.9 Å². The molecule has 0 saturated heterocycles. The lowest BCUT2D eigenvalue weighted by molar-refractivity contribution is -0.139. The third-order valence-corrected chi connectivity index (χ3v) is 10.0. The molecular formula is C54H41N5O8. The van der Waals surface area contributed by atoms with E-state index in [2.05, 4.69) is 19.9 Å². The van der Waals surface area contributed by atoms with Crippen molar-refractivity contribution in [3.63, 3.8) is 0 Å². The highest BCUT2D eigenvalue weighted by atomic mass is 16.5. The lowest BCUT2D eigenvalue weighted by Crippen LogP contribution is -2.22. The van der Waals surface area contributed by atoms with Gasteiger partial charge in [-0.3, -0.25) is 24.7 Å². The number of carboxylic acids is 1. The summed E-state index contributed by atoms with van der Waals surface area (Å²) in [6.07, 6.45) is 5.26. The SMILES string of the molecule is CCOc1cccc(-c2ccccc2C(=O)OC(C(=O)c2ccccn2)c2ccccn2)c1.O=C(O)COc1cccc(-c2ccccc2-c2nc(-c3ccccn3)c(-c3ccccn3)o2)c1. The molecule has 0 bridgehead atoms. The molecule has 9 aromatic rings. The van der Waals surface area contributed by atoms with Crippen LogP contribution < -0.4 is 9.47 Å². The molecule has 13 nitrogen and oxygen atoms in total. The third-order valence-electron chi connectivity index (χ3n) is 10.0. The zero-order chi connectivity index (χ0) is 46.4. The highest BCUT2D eigenvalue weighted by Gasteiger charge is 2.30. The molecule has 0 aliphatic heterocycles. The summed E-state index contributed by atoms with van der Waals surface area (Å²) in [5, 5.41) is 8.91. The zero-order valence-corrected chi connectivity index (χ0v) is 36.0. The van der Waals surface area contributed by atoms with E-state index in [1.165, 1.54) is 6.20 Å². The number of pyridine rings is 4. The Morgan fingerprint density at radius 3 is 1.79 bits per heavy atom. The van der Waals surface area contributed by atoms with Crippen LogP contribution in [0.5, 0.6) is 11.5 Å². The van der Waals surface area contributed by atoms with Crippen LogP contribution in [0, 0.1) is 0 Å². The van der Waals surface area contributed by atoms with Crippen LogP contribution in [0.2, 0.25) is 0 Å². The van der Waals surface area contributed by atoms with Gasteiger partial charge in [0.25, 0.3) is 0 Å². The van der Waals surface area contributed by atoms with Crippen LogP contribution in [0.1, 0.15) is 39.6 Å². The normalized spacial score (nSPS) is 11.1. The summed E-state index contributed by atoms with van der Waals surface area (Å²) in [5.41, 5.74) is 6.76. The van der Waals surface area contributed by atoms with Gasteiger partial charge in [0.2, 0.25) is 17.8 Å². The molecule has 5 aromatic heterocycles. The number of oxazole rings is 1. The molecule has 1 unspecified atom stereocenters. The molecule has 4 aromatic carbocycles. The Balaban J connectivity index is 0.000000182. The topological polar surface area (TPSA) is 177 Å². The smallest absolute Gasteiger partial charge is 0.341 e. The van der Waals surface area contributed by atoms with E-state index in [0.29, 0.717) is 63.7 Å². The van der Waals surface area contributed by atoms with Crippen LogP contribution in [-0.2, 0) is 9.53 Å². The van der Waals surface area contributed by atoms with Crippen LogP contribution in [-0.4, -0.2) is 61.0 Å². The summed E-state index contributed by atoms with van der Waals surface area (Å²) >= 11 is 0. The minimum atomic E-state index is -1.23. The number of hydrogen-bond donors (Lipinski definition) is 1. The number of Topliss-reactive ketones (excluding diaryl/α,β-unsaturated/α-hetero) is 1. The van der Waals surface area contributed by atoms with E-state index in [1.54, 1.807) is 79.3 Å². The second kappa shape index (κ2) is 21.5. The van der Waals surface area contributed by atoms with Gasteiger partial charge in [0.15, 0.2) is 12.4 Å². The van der Waals surface area contributed by atoms with Crippen molar-refractivity contribution < 1.29 is 38.1 Å². The van der Waals surface area contributed by atoms with Gasteiger partial charge in [0, 0.05) is 30.4 Å². The Morgan fingerprint density at radius 2 is 1.16 bits per heavy atom. The van der Waals surface area contributed by atoms with Gasteiger partial charge in [0.1, 0.15) is 28.6 Å². The molecule has 5 heterocycles. The van der Waals surface area contributed by atoms with Crippen molar-refractivity contribution in [1.82, 2.24) is 24.9 Å². The summed E-state index contributed by atoms with van der Waals surface area (Å²) in [7, 11) is 0. The number of ketones is 1. The fourth-order valence-electron chi connectivity index (χ4n) is 7.03. The van der Waals surface area contributed by atoms with E-state index in [-0.39, 0.29) is 5.69 Å². The molecule has 0 radical (unpaired) electrons. The van der Waals surface area contributed by atoms with E-state index in [9.17, 15) is 14.4 Å². The maximum atomic E-state index is 13.3. The lowest BCUT2D eigenvalue weighted by atomic mass is 9.99. The fraction of sp³-hybridized carbons (Fsp3) is 0.0741. The number of nitrogens with zero attached hydrogens (tertiary/aromatic N) is 5. The number of aromatic nitrogens is 5. The second-order valence-corrected chi connectivity index (χ2v) is 14.5. The van der Waals surface area contributed by atoms with E-state index in [0.717, 1.165) is 22.3 Å². The van der Waals surface area contributed by atoms with Crippen molar-refractivity contribution >= 4 is 17.7 Å². The molecule has 13 heteroatoms. The van der Waals surface area contributed by atoms with Gasteiger partial charge in [-0.25, -0.2) is 14.6 Å². The average molecular weight is 888 g/mol. The standard InChI is InChI=1S/C27H19N3O4.C27H22N2O4/c31-24(32)17-33-19-9-7-8-18(16-19)20-10-1-2-11-21(20)27-30-25(22-12-3-5-14-28-22)26(34-27)23-13-4-6-15-29-23;1-2-32-20-11-9-10-19(18-20)21-12-3-4-13-22(21)27(31)33-26(24-15-6-8-17-29-24)25(30)23-14-5-7-16-28-23/h1-16H,17H2,(H,31,32);3-18,26H,2H2,1H3. The summed E-state index contributed by atoms with van der Waals surface area (Å²) in [6, 6.07) is 50.9. The molecule has 1 N–H and O–H groups in total. The Bertz CT molecular complexity index is 3040. The molecule has 330 valence electrons. The number of carboxylic acid groups (broad SMARTS) is 1. The largest absolute Gasteiger partial charge is 0.494 e. The highest BCUT2D eigenvalue weighted by Crippen LogP contribution is 2.39. The number of hydrogen-bond acceptors (Lipinski definition) is 12. The van der Waals surface area contributed by atoms with Gasteiger partial charge in [0.05, 0.1) is 23.6 Å². The van der Waals surface area contributed by atoms with E-state index in [4.69, 9.17) is 28.7 Å². The molecule has 0 amide bonds. The quantitative estimate of drug-likeness (QED) is 0.0760. The summed E-state index contributed by atoms with van der Waals surface area (Å²) in [4.78, 5) is 59.5. The number of carbonyl (C=O) groups excluding carboxylic acids is 2. The van der Waals surface area contributed by atoms with Crippen molar-refractivity contribution in [3.05, 3.63) is 212 Å². The minimum absolute atomic E-state index is 0.193. The predicted octanol–water partition coefficient (Wildman–Crippen LogP) is 10.9. The maximum absolute atomic E-state index is 13.3. The number of benzene rings is 4. The first-order valence-electron chi connectivity index (χ1n) is 21.1. The summed E-state index contributed by atoms with van der Waals surface area (Å²) < 4.78 is 23.0. The zero-order valence-electron chi connectivity index (χ0n) is 36.0. The lowest BCUT2D eigenvalue weighted by Gasteiger charge is -2.17. The Labute approximate surface area is 385 Å². The number of rotatable bonds is 15. The van der Waals surface area contributed by atoms with Gasteiger partial charge in [-0.1, -0.05) is 84.9 Å². The number of esters is 1. The van der Waals surface area contributed by atoms with Crippen LogP contribution in [0.25, 0.3) is 56.6 Å². The molecule has 0 saturated carbocycles. The van der Waals surface area contributed by atoms with Crippen LogP contribution in [0.3, 0.4) is 0 Å². The van der Waals surface area contributed by atoms with E-state index in [1.807, 2.05) is 116 Å². The molecular weight excluding hydrogens is 847 g/mol. The number of ether oxygens (including phenoxy) is 3. The van der Waals surface area contributed by atoms with Crippen molar-refractivity contribution in [2.45, 2.75) is 13.0 Å². The first-order chi connectivity index (χ1) is 32.9. The van der Waals surface area contributed by atoms with Crippen LogP contribution in [0.4, 0.5) is 0 Å². The van der Waals surface area contributed by atoms with Crippen molar-refractivity contribution in [2.75, 3.05) is 13.2 Å². The van der Waals surface area contributed by atoms with Gasteiger partial charge in [-0.2, -0.15) is 0 Å². The first-order valence-corrected chi connectivity index (χ1v) is 21.1. The van der Waals surface area contributed by atoms with Gasteiger partial charge < -0.3 is 23.7 Å². The Kier molecular flexibility index (Phi) is 14.3. The predicted molar refractivity (Wildman–Crippen MR) is 251 cm³/mol. The molecule has 0 aliphatic rings. The first kappa shape index (κ1) is 44.5. The fourth-order valence-corrected chi connectivity index (χ4v) is 7.03. The second-order valence-electron chi connectivity index (χ2n) is 14.5. The third kappa shape index (κ3) is 11.0. The molecule has 1 atom stereocenters. The Hall–Kier alpha value is -9.10. The van der Waals surface area contributed by atoms with E-state index >= 15 is 0 Å². The minimum Gasteiger partial charge on any atom is -0.494 e. The maximum Gasteiger partial charge on any atom is 0.341 e. The van der Waals surface area contributed by atoms with Crippen molar-refractivity contribution in [2.24, 2.45) is 0 Å². The molecule has 9 rings (SSSR count). The average Bonchev–Trinajstić information content (AvgIpc) is 3.84. The van der Waals surface area contributed by atoms with Crippen LogP contribution >= 0.6 is 0 Å². The van der Waals surface area contributed by atoms with Gasteiger partial charge in [-0.05, 0) is 114 Å². The van der Waals surface area contributed by atoms with Gasteiger partial charge in [-0.15, -0.1) is 0 Å². The van der Waals surface area contributed by atoms with Crippen molar-refractivity contribution in [3.8, 4) is 68.0 Å². The molecule has 0 spiro atoms. The number of aliphatic carboxylic acids is 1. The van der Waals surface area contributed by atoms with Crippen molar-refractivity contribution in [1.29, 1.82) is 0 Å². The summed E-state index contributed by atoms with van der Waals surface area (Å²) in [6.45, 7) is 2.04. The molecule has 0 fully saturated rings. The Morgan fingerprint density at radius 1 is 0.582 bits per heavy atom. The monoisotopic (exact) mass is 887 g/mol. The number of carbonyl (C=O) groups is 3.